The average Bonchev–Trinajstić information content (AvgIpc) is 3.67. The molecule has 0 aliphatic heterocycles. The molecule has 0 atom stereocenters. The van der Waals surface area contributed by atoms with Crippen LogP contribution in [0.15, 0.2) is 174 Å². The van der Waals surface area contributed by atoms with Gasteiger partial charge >= 0.3 is 0 Å². The normalized spacial score (nSPS) is 11.8. The summed E-state index contributed by atoms with van der Waals surface area (Å²) in [6.07, 6.45) is 0. The second kappa shape index (κ2) is 10.1. The maximum absolute atomic E-state index is 6.20. The highest BCUT2D eigenvalue weighted by Crippen LogP contribution is 2.44. The zero-order valence-electron chi connectivity index (χ0n) is 25.5. The fourth-order valence-corrected chi connectivity index (χ4v) is 7.45. The first kappa shape index (κ1) is 26.0. The fourth-order valence-electron chi connectivity index (χ4n) is 7.45. The minimum absolute atomic E-state index is 0.898. The van der Waals surface area contributed by atoms with E-state index < -0.39 is 0 Å². The largest absolute Gasteiger partial charge is 0.456 e. The number of aromatic nitrogens is 1. The van der Waals surface area contributed by atoms with Crippen molar-refractivity contribution in [2.24, 2.45) is 0 Å². The molecule has 2 heterocycles. The van der Waals surface area contributed by atoms with Gasteiger partial charge in [-0.3, -0.25) is 0 Å². The van der Waals surface area contributed by atoms with Crippen LogP contribution in [0.4, 0.5) is 17.1 Å². The predicted molar refractivity (Wildman–Crippen MR) is 198 cm³/mol. The molecule has 0 amide bonds. The Hall–Kier alpha value is -6.32. The van der Waals surface area contributed by atoms with Crippen molar-refractivity contribution in [3.05, 3.63) is 170 Å². The van der Waals surface area contributed by atoms with Gasteiger partial charge in [-0.15, -0.1) is 0 Å². The fraction of sp³-hybridized carbons (Fsp3) is 0. The van der Waals surface area contributed by atoms with Crippen molar-refractivity contribution in [1.29, 1.82) is 0 Å². The molecule has 0 unspecified atom stereocenters. The van der Waals surface area contributed by atoms with E-state index in [1.807, 2.05) is 12.1 Å². The van der Waals surface area contributed by atoms with Crippen LogP contribution in [0, 0.1) is 0 Å². The van der Waals surface area contributed by atoms with E-state index >= 15 is 0 Å². The van der Waals surface area contributed by atoms with Crippen LogP contribution in [0.1, 0.15) is 0 Å². The number of fused-ring (bicyclic) bond motifs is 9. The lowest BCUT2D eigenvalue weighted by Gasteiger charge is -2.28. The van der Waals surface area contributed by atoms with Crippen molar-refractivity contribution in [2.75, 3.05) is 4.90 Å². The Balaban J connectivity index is 1.27. The zero-order valence-corrected chi connectivity index (χ0v) is 25.5. The first-order valence-corrected chi connectivity index (χ1v) is 16.0. The number of anilines is 3. The third-order valence-corrected chi connectivity index (χ3v) is 9.54. The molecule has 0 bridgehead atoms. The van der Waals surface area contributed by atoms with Gasteiger partial charge < -0.3 is 13.9 Å². The van der Waals surface area contributed by atoms with E-state index in [1.165, 1.54) is 37.8 Å². The highest BCUT2D eigenvalue weighted by atomic mass is 16.3. The second-order valence-electron chi connectivity index (χ2n) is 12.2. The first-order chi connectivity index (χ1) is 23.3. The molecule has 3 heteroatoms. The van der Waals surface area contributed by atoms with Gasteiger partial charge in [-0.1, -0.05) is 109 Å². The highest BCUT2D eigenvalue weighted by molar-refractivity contribution is 6.16. The van der Waals surface area contributed by atoms with Crippen LogP contribution < -0.4 is 4.90 Å². The van der Waals surface area contributed by atoms with Gasteiger partial charge in [-0.25, -0.2) is 0 Å². The van der Waals surface area contributed by atoms with Crippen LogP contribution >= 0.6 is 0 Å². The van der Waals surface area contributed by atoms with Crippen LogP contribution in [0.3, 0.4) is 0 Å². The summed E-state index contributed by atoms with van der Waals surface area (Å²) in [5.74, 6) is 0. The summed E-state index contributed by atoms with van der Waals surface area (Å²) < 4.78 is 8.60. The molecule has 0 fully saturated rings. The molecule has 0 N–H and O–H groups in total. The van der Waals surface area contributed by atoms with E-state index in [4.69, 9.17) is 4.42 Å². The Bertz CT molecular complexity index is 2810. The molecule has 3 nitrogen and oxygen atoms in total. The van der Waals surface area contributed by atoms with Crippen molar-refractivity contribution in [2.45, 2.75) is 0 Å². The lowest BCUT2D eigenvalue weighted by Crippen LogP contribution is -2.10. The van der Waals surface area contributed by atoms with E-state index in [9.17, 15) is 0 Å². The maximum Gasteiger partial charge on any atom is 0.135 e. The number of hydrogen-bond donors (Lipinski definition) is 0. The highest BCUT2D eigenvalue weighted by Gasteiger charge is 2.20. The summed E-state index contributed by atoms with van der Waals surface area (Å²) >= 11 is 0. The Kier molecular flexibility index (Phi) is 5.57. The van der Waals surface area contributed by atoms with Gasteiger partial charge in [0.1, 0.15) is 11.2 Å². The SMILES string of the molecule is c1ccc(N(c2ccc3c4ccccc4n(-c4ccc5oc6ccccc6c5c4)c3c2)c2cc3ccccc3c3ccccc23)cc1. The summed E-state index contributed by atoms with van der Waals surface area (Å²) in [5, 5.41) is 9.64. The summed E-state index contributed by atoms with van der Waals surface area (Å²) in [7, 11) is 0. The Morgan fingerprint density at radius 2 is 1.04 bits per heavy atom. The minimum atomic E-state index is 0.898. The number of benzene rings is 8. The molecule has 0 radical (unpaired) electrons. The van der Waals surface area contributed by atoms with E-state index in [0.717, 1.165) is 50.2 Å². The smallest absolute Gasteiger partial charge is 0.135 e. The molecule has 0 saturated heterocycles. The van der Waals surface area contributed by atoms with Crippen molar-refractivity contribution in [3.8, 4) is 5.69 Å². The molecule has 0 spiro atoms. The van der Waals surface area contributed by atoms with Crippen LogP contribution in [-0.4, -0.2) is 4.57 Å². The molecule has 10 aromatic rings. The Labute approximate surface area is 271 Å². The second-order valence-corrected chi connectivity index (χ2v) is 12.2. The van der Waals surface area contributed by atoms with Gasteiger partial charge in [0.05, 0.1) is 16.7 Å². The maximum atomic E-state index is 6.20. The van der Waals surface area contributed by atoms with Gasteiger partial charge in [0.15, 0.2) is 0 Å². The van der Waals surface area contributed by atoms with E-state index in [0.29, 0.717) is 0 Å². The number of hydrogen-bond acceptors (Lipinski definition) is 2. The molecule has 0 saturated carbocycles. The zero-order chi connectivity index (χ0) is 30.9. The third kappa shape index (κ3) is 3.93. The molecular formula is C44H28N2O. The lowest BCUT2D eigenvalue weighted by molar-refractivity contribution is 0.669. The Morgan fingerprint density at radius 1 is 0.383 bits per heavy atom. The molecule has 8 aromatic carbocycles. The summed E-state index contributed by atoms with van der Waals surface area (Å²) in [6, 6.07) is 60.9. The van der Waals surface area contributed by atoms with Crippen molar-refractivity contribution in [3.63, 3.8) is 0 Å². The molecule has 2 aromatic heterocycles. The van der Waals surface area contributed by atoms with E-state index in [2.05, 4.69) is 167 Å². The summed E-state index contributed by atoms with van der Waals surface area (Å²) in [5.41, 5.74) is 8.61. The van der Waals surface area contributed by atoms with Crippen LogP contribution in [0.5, 0.6) is 0 Å². The molecule has 220 valence electrons. The molecule has 0 aliphatic carbocycles. The van der Waals surface area contributed by atoms with Gasteiger partial charge in [0, 0.05) is 44.0 Å². The quantitative estimate of drug-likeness (QED) is 0.187. The number of nitrogens with zero attached hydrogens (tertiary/aromatic N) is 2. The first-order valence-electron chi connectivity index (χ1n) is 16.0. The van der Waals surface area contributed by atoms with Gasteiger partial charge in [0.25, 0.3) is 0 Å². The number of rotatable bonds is 4. The van der Waals surface area contributed by atoms with Crippen molar-refractivity contribution in [1.82, 2.24) is 4.57 Å². The van der Waals surface area contributed by atoms with Gasteiger partial charge in [-0.05, 0) is 76.8 Å². The van der Waals surface area contributed by atoms with Gasteiger partial charge in [0.2, 0.25) is 0 Å². The predicted octanol–water partition coefficient (Wildman–Crippen LogP) is 12.5. The molecule has 0 aliphatic rings. The Morgan fingerprint density at radius 3 is 1.91 bits per heavy atom. The van der Waals surface area contributed by atoms with Crippen molar-refractivity contribution >= 4 is 82.4 Å². The summed E-state index contributed by atoms with van der Waals surface area (Å²) in [6.45, 7) is 0. The molecule has 47 heavy (non-hydrogen) atoms. The summed E-state index contributed by atoms with van der Waals surface area (Å²) in [4.78, 5) is 2.41. The molecular weight excluding hydrogens is 572 g/mol. The van der Waals surface area contributed by atoms with E-state index in [-0.39, 0.29) is 0 Å². The standard InChI is InChI=1S/C44H28N2O/c1-2-13-30(14-3-1)45(41-26-29-12-4-5-15-33(29)34-16-6-7-17-35(34)41)32-22-24-37-36-18-8-10-20-40(36)46(42(37)28-32)31-23-25-44-39(27-31)38-19-9-11-21-43(38)47-44/h1-28H. The minimum Gasteiger partial charge on any atom is -0.456 e. The van der Waals surface area contributed by atoms with Crippen LogP contribution in [0.2, 0.25) is 0 Å². The lowest BCUT2D eigenvalue weighted by atomic mass is 9.99. The monoisotopic (exact) mass is 600 g/mol. The van der Waals surface area contributed by atoms with Gasteiger partial charge in [-0.2, -0.15) is 0 Å². The topological polar surface area (TPSA) is 21.3 Å². The van der Waals surface area contributed by atoms with Crippen LogP contribution in [-0.2, 0) is 0 Å². The van der Waals surface area contributed by atoms with Crippen molar-refractivity contribution < 1.29 is 4.42 Å². The number of furan rings is 1. The third-order valence-electron chi connectivity index (χ3n) is 9.54. The molecule has 10 rings (SSSR count). The number of para-hydroxylation sites is 3. The average molecular weight is 601 g/mol. The van der Waals surface area contributed by atoms with E-state index in [1.54, 1.807) is 0 Å². The van der Waals surface area contributed by atoms with Crippen LogP contribution in [0.25, 0.3) is 71.0 Å².